The van der Waals surface area contributed by atoms with E-state index in [2.05, 4.69) is 4.98 Å². The predicted molar refractivity (Wildman–Crippen MR) is 75.5 cm³/mol. The molecule has 0 saturated carbocycles. The third kappa shape index (κ3) is 2.38. The normalized spacial score (nSPS) is 21.9. The van der Waals surface area contributed by atoms with Gasteiger partial charge in [0.15, 0.2) is 0 Å². The largest absolute Gasteiger partial charge is 0.478 e. The average molecular weight is 276 g/mol. The van der Waals surface area contributed by atoms with Crippen LogP contribution in [0.2, 0.25) is 0 Å². The van der Waals surface area contributed by atoms with Crippen LogP contribution >= 0.6 is 0 Å². The van der Waals surface area contributed by atoms with E-state index in [1.807, 2.05) is 11.0 Å². The molecule has 1 aliphatic carbocycles. The summed E-state index contributed by atoms with van der Waals surface area (Å²) in [6, 6.07) is 1.83. The molecule has 108 valence electrons. The van der Waals surface area contributed by atoms with Crippen molar-refractivity contribution in [3.05, 3.63) is 22.9 Å². The lowest BCUT2D eigenvalue weighted by Gasteiger charge is -2.23. The molecule has 0 radical (unpaired) electrons. The quantitative estimate of drug-likeness (QED) is 0.913. The number of methoxy groups -OCH3 is 1. The number of carboxylic acids is 1. The number of aromatic carboxylic acids is 1. The first kappa shape index (κ1) is 13.4. The summed E-state index contributed by atoms with van der Waals surface area (Å²) in [5.41, 5.74) is 2.53. The minimum Gasteiger partial charge on any atom is -0.478 e. The van der Waals surface area contributed by atoms with Crippen molar-refractivity contribution in [2.24, 2.45) is 0 Å². The van der Waals surface area contributed by atoms with Gasteiger partial charge in [-0.2, -0.15) is 0 Å². The number of nitrogens with zero attached hydrogens (tertiary/aromatic N) is 2. The molecule has 1 aliphatic heterocycles. The van der Waals surface area contributed by atoms with Crippen LogP contribution in [0.25, 0.3) is 0 Å². The van der Waals surface area contributed by atoms with Crippen LogP contribution in [0.4, 0.5) is 5.82 Å². The Kier molecular flexibility index (Phi) is 3.61. The van der Waals surface area contributed by atoms with Crippen LogP contribution in [0.5, 0.6) is 0 Å². The lowest BCUT2D eigenvalue weighted by molar-refractivity contribution is 0.0696. The summed E-state index contributed by atoms with van der Waals surface area (Å²) < 4.78 is 5.36. The monoisotopic (exact) mass is 276 g/mol. The van der Waals surface area contributed by atoms with E-state index in [4.69, 9.17) is 4.74 Å². The number of ether oxygens (including phenoxy) is 1. The van der Waals surface area contributed by atoms with E-state index < -0.39 is 5.97 Å². The van der Waals surface area contributed by atoms with Crippen LogP contribution < -0.4 is 4.90 Å². The molecule has 3 rings (SSSR count). The van der Waals surface area contributed by atoms with Crippen molar-refractivity contribution in [3.8, 4) is 0 Å². The molecule has 5 heteroatoms. The Morgan fingerprint density at radius 3 is 2.95 bits per heavy atom. The van der Waals surface area contributed by atoms with Gasteiger partial charge in [-0.3, -0.25) is 0 Å². The summed E-state index contributed by atoms with van der Waals surface area (Å²) in [6.07, 6.45) is 5.28. The number of pyridine rings is 1. The van der Waals surface area contributed by atoms with E-state index in [-0.39, 0.29) is 6.10 Å². The number of hydrogen-bond acceptors (Lipinski definition) is 4. The van der Waals surface area contributed by atoms with Gasteiger partial charge in [-0.25, -0.2) is 9.78 Å². The maximum atomic E-state index is 11.5. The van der Waals surface area contributed by atoms with Gasteiger partial charge in [-0.05, 0) is 43.7 Å². The van der Waals surface area contributed by atoms with Gasteiger partial charge in [0.05, 0.1) is 6.10 Å². The SMILES string of the molecule is COC1CCN(c2nc3c(cc2C(=O)O)CCCC3)C1. The number of rotatable bonds is 3. The van der Waals surface area contributed by atoms with Crippen molar-refractivity contribution in [1.82, 2.24) is 4.98 Å². The third-order valence-corrected chi connectivity index (χ3v) is 4.29. The molecule has 1 N–H and O–H groups in total. The minimum atomic E-state index is -0.887. The minimum absolute atomic E-state index is 0.175. The lowest BCUT2D eigenvalue weighted by Crippen LogP contribution is -2.26. The Labute approximate surface area is 118 Å². The van der Waals surface area contributed by atoms with Gasteiger partial charge >= 0.3 is 5.97 Å². The molecule has 20 heavy (non-hydrogen) atoms. The lowest BCUT2D eigenvalue weighted by atomic mass is 9.94. The Balaban J connectivity index is 1.98. The first-order valence-corrected chi connectivity index (χ1v) is 7.23. The molecule has 1 fully saturated rings. The van der Waals surface area contributed by atoms with Gasteiger partial charge in [-0.1, -0.05) is 0 Å². The molecule has 2 aliphatic rings. The van der Waals surface area contributed by atoms with Gasteiger partial charge in [0.25, 0.3) is 0 Å². The van der Waals surface area contributed by atoms with Crippen molar-refractivity contribution in [2.75, 3.05) is 25.1 Å². The molecule has 5 nitrogen and oxygen atoms in total. The van der Waals surface area contributed by atoms with Gasteiger partial charge in [0.1, 0.15) is 11.4 Å². The maximum Gasteiger partial charge on any atom is 0.339 e. The van der Waals surface area contributed by atoms with E-state index in [1.165, 1.54) is 0 Å². The van der Waals surface area contributed by atoms with Crippen LogP contribution in [0, 0.1) is 0 Å². The zero-order chi connectivity index (χ0) is 14.1. The highest BCUT2D eigenvalue weighted by Gasteiger charge is 2.28. The number of hydrogen-bond donors (Lipinski definition) is 1. The van der Waals surface area contributed by atoms with E-state index in [9.17, 15) is 9.90 Å². The van der Waals surface area contributed by atoms with Crippen molar-refractivity contribution in [3.63, 3.8) is 0 Å². The fourth-order valence-electron chi connectivity index (χ4n) is 3.13. The zero-order valence-electron chi connectivity index (χ0n) is 11.8. The Morgan fingerprint density at radius 1 is 1.45 bits per heavy atom. The Hall–Kier alpha value is -1.62. The van der Waals surface area contributed by atoms with Crippen LogP contribution in [-0.4, -0.2) is 42.4 Å². The van der Waals surface area contributed by atoms with Crippen LogP contribution in [-0.2, 0) is 17.6 Å². The van der Waals surface area contributed by atoms with Gasteiger partial charge in [0.2, 0.25) is 0 Å². The molecule has 0 aromatic carbocycles. The fourth-order valence-corrected chi connectivity index (χ4v) is 3.13. The Bertz CT molecular complexity index is 530. The molecule has 0 amide bonds. The highest BCUT2D eigenvalue weighted by Crippen LogP contribution is 2.29. The molecule has 1 saturated heterocycles. The summed E-state index contributed by atoms with van der Waals surface area (Å²) in [7, 11) is 1.70. The van der Waals surface area contributed by atoms with Crippen molar-refractivity contribution in [1.29, 1.82) is 0 Å². The fraction of sp³-hybridized carbons (Fsp3) is 0.600. The second-order valence-electron chi connectivity index (χ2n) is 5.57. The van der Waals surface area contributed by atoms with Crippen LogP contribution in [0.1, 0.15) is 40.9 Å². The summed E-state index contributed by atoms with van der Waals surface area (Å²) in [4.78, 5) is 18.2. The standard InChI is InChI=1S/C15H20N2O3/c1-20-11-6-7-17(9-11)14-12(15(18)19)8-10-4-2-3-5-13(10)16-14/h8,11H,2-7,9H2,1H3,(H,18,19). The molecule has 0 bridgehead atoms. The molecule has 1 aromatic rings. The highest BCUT2D eigenvalue weighted by atomic mass is 16.5. The van der Waals surface area contributed by atoms with Crippen molar-refractivity contribution >= 4 is 11.8 Å². The van der Waals surface area contributed by atoms with Crippen molar-refractivity contribution in [2.45, 2.75) is 38.2 Å². The van der Waals surface area contributed by atoms with E-state index in [1.54, 1.807) is 7.11 Å². The zero-order valence-corrected chi connectivity index (χ0v) is 11.8. The van der Waals surface area contributed by atoms with Gasteiger partial charge in [-0.15, -0.1) is 0 Å². The third-order valence-electron chi connectivity index (χ3n) is 4.29. The molecule has 1 atom stereocenters. The number of anilines is 1. The Morgan fingerprint density at radius 2 is 2.25 bits per heavy atom. The molecular formula is C15H20N2O3. The van der Waals surface area contributed by atoms with Crippen LogP contribution in [0.3, 0.4) is 0 Å². The first-order valence-electron chi connectivity index (χ1n) is 7.23. The molecule has 0 spiro atoms. The molecule has 2 heterocycles. The summed E-state index contributed by atoms with van der Waals surface area (Å²) in [5, 5.41) is 9.45. The summed E-state index contributed by atoms with van der Waals surface area (Å²) in [5.74, 6) is -0.264. The second-order valence-corrected chi connectivity index (χ2v) is 5.57. The number of carbonyl (C=O) groups is 1. The maximum absolute atomic E-state index is 11.5. The smallest absolute Gasteiger partial charge is 0.339 e. The van der Waals surface area contributed by atoms with Crippen LogP contribution in [0.15, 0.2) is 6.07 Å². The van der Waals surface area contributed by atoms with E-state index in [0.29, 0.717) is 11.4 Å². The molecule has 1 unspecified atom stereocenters. The number of aromatic nitrogens is 1. The van der Waals surface area contributed by atoms with Gasteiger partial charge < -0.3 is 14.7 Å². The van der Waals surface area contributed by atoms with E-state index in [0.717, 1.165) is 56.5 Å². The molecule has 1 aromatic heterocycles. The molecular weight excluding hydrogens is 256 g/mol. The number of fused-ring (bicyclic) bond motifs is 1. The van der Waals surface area contributed by atoms with E-state index >= 15 is 0 Å². The first-order chi connectivity index (χ1) is 9.69. The predicted octanol–water partition coefficient (Wildman–Crippen LogP) is 1.88. The highest BCUT2D eigenvalue weighted by molar-refractivity contribution is 5.93. The topological polar surface area (TPSA) is 62.7 Å². The van der Waals surface area contributed by atoms with Gasteiger partial charge in [0, 0.05) is 25.9 Å². The van der Waals surface area contributed by atoms with Crippen molar-refractivity contribution < 1.29 is 14.6 Å². The second kappa shape index (κ2) is 5.40. The number of aryl methyl sites for hydroxylation is 2. The summed E-state index contributed by atoms with van der Waals surface area (Å²) in [6.45, 7) is 1.53. The average Bonchev–Trinajstić information content (AvgIpc) is 2.94. The summed E-state index contributed by atoms with van der Waals surface area (Å²) >= 11 is 0. The number of carboxylic acid groups (broad SMARTS) is 1.